The summed E-state index contributed by atoms with van der Waals surface area (Å²) in [6.45, 7) is 0. The van der Waals surface area contributed by atoms with Gasteiger partial charge in [0.15, 0.2) is 5.65 Å². The molecule has 20 heavy (non-hydrogen) atoms. The van der Waals surface area contributed by atoms with E-state index < -0.39 is 10.0 Å². The van der Waals surface area contributed by atoms with Crippen LogP contribution in [-0.4, -0.2) is 22.4 Å². The summed E-state index contributed by atoms with van der Waals surface area (Å²) in [7, 11) is -3.71. The Hall–Kier alpha value is -1.19. The zero-order valence-corrected chi connectivity index (χ0v) is 13.6. The second-order valence-corrected chi connectivity index (χ2v) is 7.20. The third kappa shape index (κ3) is 2.09. The number of nitrogens with zero attached hydrogens (tertiary/aromatic N) is 3. The van der Waals surface area contributed by atoms with Gasteiger partial charge in [0.05, 0.1) is 14.0 Å². The van der Waals surface area contributed by atoms with Crippen molar-refractivity contribution in [2.45, 2.75) is 4.90 Å². The molecule has 0 unspecified atom stereocenters. The van der Waals surface area contributed by atoms with Crippen molar-refractivity contribution in [3.8, 4) is 0 Å². The lowest BCUT2D eigenvalue weighted by atomic mass is 10.4. The molecule has 0 bridgehead atoms. The third-order valence-electron chi connectivity index (χ3n) is 2.75. The van der Waals surface area contributed by atoms with E-state index in [9.17, 15) is 8.42 Å². The van der Waals surface area contributed by atoms with Crippen LogP contribution in [0.4, 0.5) is 0 Å². The van der Waals surface area contributed by atoms with E-state index in [2.05, 4.69) is 9.97 Å². The van der Waals surface area contributed by atoms with Crippen LogP contribution >= 0.6 is 34.2 Å². The van der Waals surface area contributed by atoms with Gasteiger partial charge in [-0.2, -0.15) is 0 Å². The van der Waals surface area contributed by atoms with Gasteiger partial charge in [-0.1, -0.05) is 29.8 Å². The third-order valence-corrected chi connectivity index (χ3v) is 5.89. The quantitative estimate of drug-likeness (QED) is 0.473. The van der Waals surface area contributed by atoms with E-state index in [-0.39, 0.29) is 15.7 Å². The highest BCUT2D eigenvalue weighted by Gasteiger charge is 2.23. The smallest absolute Gasteiger partial charge is 0.224 e. The van der Waals surface area contributed by atoms with Crippen LogP contribution in [0.5, 0.6) is 0 Å². The fourth-order valence-corrected chi connectivity index (χ4v) is 4.72. The van der Waals surface area contributed by atoms with Crippen molar-refractivity contribution >= 4 is 55.2 Å². The number of fused-ring (bicyclic) bond motifs is 1. The molecule has 0 aliphatic rings. The van der Waals surface area contributed by atoms with Gasteiger partial charge in [-0.3, -0.25) is 0 Å². The van der Waals surface area contributed by atoms with E-state index in [0.29, 0.717) is 9.09 Å². The van der Waals surface area contributed by atoms with Gasteiger partial charge in [-0.25, -0.2) is 22.4 Å². The lowest BCUT2D eigenvalue weighted by molar-refractivity contribution is 0.588. The van der Waals surface area contributed by atoms with Crippen molar-refractivity contribution in [2.75, 3.05) is 0 Å². The summed E-state index contributed by atoms with van der Waals surface area (Å²) in [5, 5.41) is 0.744. The van der Waals surface area contributed by atoms with E-state index in [0.717, 1.165) is 0 Å². The Morgan fingerprint density at radius 3 is 2.55 bits per heavy atom. The van der Waals surface area contributed by atoms with Crippen molar-refractivity contribution in [3.63, 3.8) is 0 Å². The molecule has 102 valence electrons. The highest BCUT2D eigenvalue weighted by atomic mass is 127. The zero-order chi connectivity index (χ0) is 14.3. The molecule has 0 spiro atoms. The van der Waals surface area contributed by atoms with Crippen LogP contribution in [0, 0.1) is 3.70 Å². The normalized spacial score (nSPS) is 11.9. The molecule has 0 aliphatic heterocycles. The SMILES string of the molecule is O=S(=O)(c1ccccc1)n1c(I)cc2c(Cl)ncnc21. The molecule has 0 saturated heterocycles. The van der Waals surface area contributed by atoms with Crippen molar-refractivity contribution in [1.82, 2.24) is 13.9 Å². The molecule has 0 aliphatic carbocycles. The molecule has 0 N–H and O–H groups in total. The van der Waals surface area contributed by atoms with Gasteiger partial charge in [0.1, 0.15) is 11.5 Å². The van der Waals surface area contributed by atoms with Crippen LogP contribution in [0.2, 0.25) is 5.15 Å². The number of hydrogen-bond acceptors (Lipinski definition) is 4. The van der Waals surface area contributed by atoms with Crippen LogP contribution in [0.25, 0.3) is 11.0 Å². The largest absolute Gasteiger partial charge is 0.270 e. The van der Waals surface area contributed by atoms with Crippen molar-refractivity contribution < 1.29 is 8.42 Å². The zero-order valence-electron chi connectivity index (χ0n) is 9.86. The van der Waals surface area contributed by atoms with Gasteiger partial charge in [0.25, 0.3) is 10.0 Å². The van der Waals surface area contributed by atoms with Gasteiger partial charge < -0.3 is 0 Å². The Bertz CT molecular complexity index is 894. The highest BCUT2D eigenvalue weighted by Crippen LogP contribution is 2.28. The Labute approximate surface area is 133 Å². The summed E-state index contributed by atoms with van der Waals surface area (Å²) in [5.41, 5.74) is 0.276. The molecule has 2 heterocycles. The molecular formula is C12H7ClIN3O2S. The first-order valence-corrected chi connectivity index (χ1v) is 8.39. The van der Waals surface area contributed by atoms with Crippen molar-refractivity contribution in [1.29, 1.82) is 0 Å². The molecule has 1 aromatic carbocycles. The lowest BCUT2D eigenvalue weighted by Crippen LogP contribution is -2.14. The molecular weight excluding hydrogens is 413 g/mol. The Morgan fingerprint density at radius 2 is 1.85 bits per heavy atom. The second-order valence-electron chi connectivity index (χ2n) is 3.95. The summed E-state index contributed by atoms with van der Waals surface area (Å²) in [5.74, 6) is 0. The minimum atomic E-state index is -3.71. The average molecular weight is 420 g/mol. The maximum Gasteiger partial charge on any atom is 0.270 e. The van der Waals surface area contributed by atoms with E-state index in [1.807, 2.05) is 22.6 Å². The summed E-state index contributed by atoms with van der Waals surface area (Å²) >= 11 is 7.92. The summed E-state index contributed by atoms with van der Waals surface area (Å²) in [4.78, 5) is 8.10. The fourth-order valence-electron chi connectivity index (χ4n) is 1.86. The monoisotopic (exact) mass is 419 g/mol. The Kier molecular flexibility index (Phi) is 3.43. The minimum Gasteiger partial charge on any atom is -0.224 e. The first-order chi connectivity index (χ1) is 9.51. The lowest BCUT2D eigenvalue weighted by Gasteiger charge is -2.08. The predicted octanol–water partition coefficient (Wildman–Crippen LogP) is 2.93. The number of hydrogen-bond donors (Lipinski definition) is 0. The Morgan fingerprint density at radius 1 is 1.15 bits per heavy atom. The molecule has 2 aromatic heterocycles. The molecule has 0 saturated carbocycles. The van der Waals surface area contributed by atoms with E-state index in [1.165, 1.54) is 10.3 Å². The van der Waals surface area contributed by atoms with Crippen LogP contribution in [0.15, 0.2) is 47.6 Å². The molecule has 8 heteroatoms. The van der Waals surface area contributed by atoms with Gasteiger partial charge in [0.2, 0.25) is 0 Å². The van der Waals surface area contributed by atoms with E-state index in [4.69, 9.17) is 11.6 Å². The maximum atomic E-state index is 12.7. The molecule has 3 aromatic rings. The first-order valence-electron chi connectivity index (χ1n) is 5.50. The van der Waals surface area contributed by atoms with Crippen LogP contribution in [-0.2, 0) is 10.0 Å². The molecule has 5 nitrogen and oxygen atoms in total. The Balaban J connectivity index is 2.36. The predicted molar refractivity (Wildman–Crippen MR) is 84.3 cm³/mol. The first kappa shape index (κ1) is 13.8. The average Bonchev–Trinajstić information content (AvgIpc) is 2.78. The van der Waals surface area contributed by atoms with E-state index >= 15 is 0 Å². The highest BCUT2D eigenvalue weighted by molar-refractivity contribution is 14.1. The number of rotatable bonds is 2. The number of benzene rings is 1. The second kappa shape index (κ2) is 4.97. The van der Waals surface area contributed by atoms with Crippen LogP contribution in [0.1, 0.15) is 0 Å². The molecule has 0 fully saturated rings. The summed E-state index contributed by atoms with van der Waals surface area (Å²) in [6, 6.07) is 9.84. The van der Waals surface area contributed by atoms with Gasteiger partial charge in [0, 0.05) is 0 Å². The number of halogens is 2. The van der Waals surface area contributed by atoms with Gasteiger partial charge >= 0.3 is 0 Å². The standard InChI is InChI=1S/C12H7ClIN3O2S/c13-11-9-6-10(14)17(12(9)16-7-15-11)20(18,19)8-4-2-1-3-5-8/h1-7H. The van der Waals surface area contributed by atoms with E-state index in [1.54, 1.807) is 36.4 Å². The minimum absolute atomic E-state index is 0.199. The van der Waals surface area contributed by atoms with Crippen LogP contribution in [0.3, 0.4) is 0 Å². The summed E-state index contributed by atoms with van der Waals surface area (Å²) < 4.78 is 27.1. The number of aromatic nitrogens is 3. The molecule has 0 amide bonds. The molecule has 3 rings (SSSR count). The van der Waals surface area contributed by atoms with Crippen molar-refractivity contribution in [2.24, 2.45) is 0 Å². The maximum absolute atomic E-state index is 12.7. The van der Waals surface area contributed by atoms with Crippen LogP contribution < -0.4 is 0 Å². The molecule has 0 atom stereocenters. The van der Waals surface area contributed by atoms with Crippen molar-refractivity contribution in [3.05, 3.63) is 51.6 Å². The fraction of sp³-hybridized carbons (Fsp3) is 0. The summed E-state index contributed by atoms with van der Waals surface area (Å²) in [6.07, 6.45) is 1.25. The topological polar surface area (TPSA) is 64.8 Å². The van der Waals surface area contributed by atoms with Gasteiger partial charge in [-0.05, 0) is 40.8 Å². The molecule has 0 radical (unpaired) electrons. The van der Waals surface area contributed by atoms with Gasteiger partial charge in [-0.15, -0.1) is 0 Å².